The van der Waals surface area contributed by atoms with E-state index < -0.39 is 0 Å². The molecule has 1 unspecified atom stereocenters. The van der Waals surface area contributed by atoms with Gasteiger partial charge >= 0.3 is 0 Å². The van der Waals surface area contributed by atoms with Crippen LogP contribution in [0.4, 0.5) is 5.69 Å². The minimum Gasteiger partial charge on any atom is -0.389 e. The molecule has 1 fully saturated rings. The first-order valence-corrected chi connectivity index (χ1v) is 6.77. The van der Waals surface area contributed by atoms with Crippen LogP contribution in [0, 0.1) is 0 Å². The molecule has 0 aromatic carbocycles. The number of rotatable bonds is 4. The Labute approximate surface area is 114 Å². The van der Waals surface area contributed by atoms with Gasteiger partial charge in [0.25, 0.3) is 0 Å². The Morgan fingerprint density at radius 3 is 3.17 bits per heavy atom. The molecule has 1 saturated heterocycles. The quantitative estimate of drug-likeness (QED) is 0.809. The molecule has 0 radical (unpaired) electrons. The maximum Gasteiger partial charge on any atom is 0.106 e. The van der Waals surface area contributed by atoms with Crippen LogP contribution in [-0.2, 0) is 0 Å². The van der Waals surface area contributed by atoms with Crippen molar-refractivity contribution >= 4 is 22.9 Å². The molecular formula is C13H20N4S. The molecule has 0 saturated carbocycles. The fraction of sp³-hybridized carbons (Fsp3) is 0.538. The number of anilines is 1. The van der Waals surface area contributed by atoms with Gasteiger partial charge < -0.3 is 16.0 Å². The van der Waals surface area contributed by atoms with E-state index in [1.165, 1.54) is 25.8 Å². The smallest absolute Gasteiger partial charge is 0.106 e. The van der Waals surface area contributed by atoms with E-state index in [1.807, 2.05) is 6.07 Å². The lowest BCUT2D eigenvalue weighted by atomic mass is 10.0. The van der Waals surface area contributed by atoms with E-state index in [-0.39, 0.29) is 0 Å². The normalized spacial score (nSPS) is 20.6. The van der Waals surface area contributed by atoms with E-state index in [4.69, 9.17) is 18.0 Å². The number of nitrogens with two attached hydrogens (primary N) is 1. The molecule has 98 valence electrons. The minimum atomic E-state index is 0.414. The number of nitrogens with one attached hydrogen (secondary N) is 1. The van der Waals surface area contributed by atoms with Crippen molar-refractivity contribution in [3.05, 3.63) is 24.0 Å². The predicted octanol–water partition coefficient (Wildman–Crippen LogP) is 1.61. The lowest BCUT2D eigenvalue weighted by Gasteiger charge is -2.32. The minimum absolute atomic E-state index is 0.414. The fourth-order valence-corrected chi connectivity index (χ4v) is 2.56. The Kier molecular flexibility index (Phi) is 4.49. The van der Waals surface area contributed by atoms with Crippen LogP contribution in [0.1, 0.15) is 24.8 Å². The van der Waals surface area contributed by atoms with Crippen molar-refractivity contribution in [3.8, 4) is 0 Å². The Balaban J connectivity index is 1.99. The molecule has 1 aliphatic rings. The second-order valence-electron chi connectivity index (χ2n) is 4.80. The second kappa shape index (κ2) is 6.11. The summed E-state index contributed by atoms with van der Waals surface area (Å²) in [6.07, 6.45) is 7.36. The maximum absolute atomic E-state index is 5.70. The number of thiocarbonyl (C=S) groups is 1. The van der Waals surface area contributed by atoms with E-state index >= 15 is 0 Å². The number of likely N-dealkylation sites (N-methyl/N-ethyl adjacent to an activating group) is 1. The standard InChI is InChI=1S/C13H20N4S/c1-17-7-3-2-4-10(17)8-16-12-9-15-6-5-11(12)13(14)18/h5-6,9-10,16H,2-4,7-8H2,1H3,(H2,14,18). The molecule has 1 aliphatic heterocycles. The van der Waals surface area contributed by atoms with Crippen LogP contribution in [0.3, 0.4) is 0 Å². The lowest BCUT2D eigenvalue weighted by molar-refractivity contribution is 0.194. The molecular weight excluding hydrogens is 244 g/mol. The average molecular weight is 264 g/mol. The Morgan fingerprint density at radius 2 is 2.44 bits per heavy atom. The zero-order chi connectivity index (χ0) is 13.0. The van der Waals surface area contributed by atoms with Crippen molar-refractivity contribution < 1.29 is 0 Å². The van der Waals surface area contributed by atoms with Gasteiger partial charge in [0, 0.05) is 24.3 Å². The highest BCUT2D eigenvalue weighted by molar-refractivity contribution is 7.80. The van der Waals surface area contributed by atoms with Crippen LogP contribution in [0.25, 0.3) is 0 Å². The molecule has 1 atom stereocenters. The van der Waals surface area contributed by atoms with Gasteiger partial charge in [-0.3, -0.25) is 4.98 Å². The zero-order valence-electron chi connectivity index (χ0n) is 10.7. The van der Waals surface area contributed by atoms with Crippen molar-refractivity contribution in [3.63, 3.8) is 0 Å². The monoisotopic (exact) mass is 264 g/mol. The molecule has 5 heteroatoms. The van der Waals surface area contributed by atoms with Gasteiger partial charge in [-0.1, -0.05) is 18.6 Å². The summed E-state index contributed by atoms with van der Waals surface area (Å²) < 4.78 is 0. The Morgan fingerprint density at radius 1 is 1.61 bits per heavy atom. The summed E-state index contributed by atoms with van der Waals surface area (Å²) in [6, 6.07) is 2.44. The van der Waals surface area contributed by atoms with Gasteiger partial charge in [-0.15, -0.1) is 0 Å². The molecule has 2 heterocycles. The highest BCUT2D eigenvalue weighted by Crippen LogP contribution is 2.17. The van der Waals surface area contributed by atoms with E-state index in [1.54, 1.807) is 12.4 Å². The molecule has 18 heavy (non-hydrogen) atoms. The van der Waals surface area contributed by atoms with E-state index in [9.17, 15) is 0 Å². The van der Waals surface area contributed by atoms with Crippen LogP contribution in [0.15, 0.2) is 18.5 Å². The van der Waals surface area contributed by atoms with Crippen molar-refractivity contribution in [2.75, 3.05) is 25.5 Å². The van der Waals surface area contributed by atoms with Crippen LogP contribution in [0.5, 0.6) is 0 Å². The van der Waals surface area contributed by atoms with Crippen molar-refractivity contribution in [2.45, 2.75) is 25.3 Å². The number of hydrogen-bond acceptors (Lipinski definition) is 4. The molecule has 0 spiro atoms. The molecule has 0 bridgehead atoms. The van der Waals surface area contributed by atoms with E-state index in [0.717, 1.165) is 17.8 Å². The number of nitrogens with zero attached hydrogens (tertiary/aromatic N) is 2. The van der Waals surface area contributed by atoms with Crippen LogP contribution >= 0.6 is 12.2 Å². The second-order valence-corrected chi connectivity index (χ2v) is 5.24. The van der Waals surface area contributed by atoms with Gasteiger partial charge in [-0.05, 0) is 32.5 Å². The largest absolute Gasteiger partial charge is 0.389 e. The van der Waals surface area contributed by atoms with Gasteiger partial charge in [-0.25, -0.2) is 0 Å². The molecule has 0 aliphatic carbocycles. The lowest BCUT2D eigenvalue weighted by Crippen LogP contribution is -2.41. The molecule has 4 nitrogen and oxygen atoms in total. The summed E-state index contributed by atoms with van der Waals surface area (Å²) in [7, 11) is 2.18. The van der Waals surface area contributed by atoms with Crippen molar-refractivity contribution in [1.29, 1.82) is 0 Å². The van der Waals surface area contributed by atoms with E-state index in [2.05, 4.69) is 22.2 Å². The SMILES string of the molecule is CN1CCCCC1CNc1cnccc1C(N)=S. The van der Waals surface area contributed by atoms with Gasteiger partial charge in [0.05, 0.1) is 11.9 Å². The van der Waals surface area contributed by atoms with Gasteiger partial charge in [0.2, 0.25) is 0 Å². The highest BCUT2D eigenvalue weighted by Gasteiger charge is 2.18. The molecule has 1 aromatic rings. The first-order valence-electron chi connectivity index (χ1n) is 6.36. The molecule has 3 N–H and O–H groups in total. The topological polar surface area (TPSA) is 54.2 Å². The number of pyridine rings is 1. The van der Waals surface area contributed by atoms with Gasteiger partial charge in [0.1, 0.15) is 4.99 Å². The van der Waals surface area contributed by atoms with Crippen LogP contribution < -0.4 is 11.1 Å². The van der Waals surface area contributed by atoms with Crippen LogP contribution in [0.2, 0.25) is 0 Å². The van der Waals surface area contributed by atoms with Crippen molar-refractivity contribution in [2.24, 2.45) is 5.73 Å². The first-order chi connectivity index (χ1) is 8.68. The summed E-state index contributed by atoms with van der Waals surface area (Å²) in [5.74, 6) is 0. The Bertz CT molecular complexity index is 421. The number of hydrogen-bond donors (Lipinski definition) is 2. The number of likely N-dealkylation sites (tertiary alicyclic amines) is 1. The zero-order valence-corrected chi connectivity index (χ0v) is 11.5. The van der Waals surface area contributed by atoms with Gasteiger partial charge in [-0.2, -0.15) is 0 Å². The molecule has 0 amide bonds. The predicted molar refractivity (Wildman–Crippen MR) is 78.9 cm³/mol. The fourth-order valence-electron chi connectivity index (χ4n) is 2.38. The first kappa shape index (κ1) is 13.2. The molecule has 1 aromatic heterocycles. The van der Waals surface area contributed by atoms with Gasteiger partial charge in [0.15, 0.2) is 0 Å². The van der Waals surface area contributed by atoms with E-state index in [0.29, 0.717) is 11.0 Å². The number of aromatic nitrogens is 1. The van der Waals surface area contributed by atoms with Crippen LogP contribution in [-0.4, -0.2) is 41.1 Å². The Hall–Kier alpha value is -1.20. The van der Waals surface area contributed by atoms with Crippen molar-refractivity contribution in [1.82, 2.24) is 9.88 Å². The molecule has 2 rings (SSSR count). The summed E-state index contributed by atoms with van der Waals surface area (Å²) in [5.41, 5.74) is 7.51. The number of piperidine rings is 1. The third-order valence-electron chi connectivity index (χ3n) is 3.54. The average Bonchev–Trinajstić information content (AvgIpc) is 2.38. The summed E-state index contributed by atoms with van der Waals surface area (Å²) in [5, 5.41) is 3.42. The summed E-state index contributed by atoms with van der Waals surface area (Å²) in [4.78, 5) is 6.94. The highest BCUT2D eigenvalue weighted by atomic mass is 32.1. The summed E-state index contributed by atoms with van der Waals surface area (Å²) in [6.45, 7) is 2.10. The third kappa shape index (κ3) is 3.17. The maximum atomic E-state index is 5.70. The third-order valence-corrected chi connectivity index (χ3v) is 3.76. The summed E-state index contributed by atoms with van der Waals surface area (Å²) >= 11 is 5.04.